The molecule has 0 spiro atoms. The zero-order chi connectivity index (χ0) is 41.4. The van der Waals surface area contributed by atoms with Crippen LogP contribution in [0.1, 0.15) is 86.5 Å². The van der Waals surface area contributed by atoms with Gasteiger partial charge in [-0.05, 0) is 84.9 Å². The maximum absolute atomic E-state index is 14.7. The predicted octanol–water partition coefficient (Wildman–Crippen LogP) is 4.27. The lowest BCUT2D eigenvalue weighted by Gasteiger charge is -2.38. The van der Waals surface area contributed by atoms with Crippen molar-refractivity contribution >= 4 is 44.4 Å². The number of ether oxygens (including phenoxy) is 3. The van der Waals surface area contributed by atoms with Crippen LogP contribution in [0.3, 0.4) is 0 Å². The van der Waals surface area contributed by atoms with E-state index in [9.17, 15) is 27.6 Å². The Labute approximate surface area is 336 Å². The van der Waals surface area contributed by atoms with Gasteiger partial charge >= 0.3 is 0 Å². The van der Waals surface area contributed by atoms with E-state index in [-0.39, 0.29) is 32.1 Å². The molecule has 3 saturated carbocycles. The number of nitrogens with one attached hydrogen (secondary N) is 3. The maximum Gasteiger partial charge on any atom is 0.259 e. The Morgan fingerprint density at radius 3 is 2.46 bits per heavy atom. The Kier molecular flexibility index (Phi) is 12.3. The van der Waals surface area contributed by atoms with Crippen molar-refractivity contribution in [3.8, 4) is 11.6 Å². The molecule has 8 atom stereocenters. The smallest absolute Gasteiger partial charge is 0.259 e. The summed E-state index contributed by atoms with van der Waals surface area (Å²) in [6.07, 6.45) is 6.46. The van der Waals surface area contributed by atoms with Crippen molar-refractivity contribution in [2.24, 2.45) is 29.1 Å². The second-order valence-electron chi connectivity index (χ2n) is 17.9. The van der Waals surface area contributed by atoms with Crippen LogP contribution in [0.4, 0.5) is 0 Å². The molecule has 312 valence electrons. The predicted molar refractivity (Wildman–Crippen MR) is 215 cm³/mol. The van der Waals surface area contributed by atoms with Gasteiger partial charge in [-0.3, -0.25) is 23.9 Å². The van der Waals surface area contributed by atoms with Gasteiger partial charge in [-0.2, -0.15) is 0 Å². The number of rotatable bonds is 15. The van der Waals surface area contributed by atoms with Gasteiger partial charge in [0.1, 0.15) is 36.1 Å². The van der Waals surface area contributed by atoms with Gasteiger partial charge in [0.25, 0.3) is 5.91 Å². The average molecular weight is 810 g/mol. The van der Waals surface area contributed by atoms with Crippen LogP contribution in [0.15, 0.2) is 43.1 Å². The molecule has 6 rings (SSSR count). The molecule has 1 aromatic heterocycles. The Balaban J connectivity index is 1.24. The lowest BCUT2D eigenvalue weighted by atomic mass is 9.75. The van der Waals surface area contributed by atoms with Crippen LogP contribution in [-0.4, -0.2) is 97.3 Å². The number of likely N-dealkylation sites (tertiary alicyclic amines) is 1. The SMILES string of the molecule is C=CC1CC1(NC(=O)[C@@H]1C[C@@H](Oc2nccc3cc(OC)ccc23)CN1C(=O)[C@@H](NC(=O)CO[C@H]1C[C@@H](C)CC[C@@H]1C(C)C)C(C)(C)C)C(=O)NS(=O)(=O)C1CC1. The topological polar surface area (TPSA) is 182 Å². The van der Waals surface area contributed by atoms with E-state index in [1.54, 1.807) is 19.4 Å². The molecule has 2 unspecified atom stereocenters. The van der Waals surface area contributed by atoms with Crippen molar-refractivity contribution < 1.29 is 41.8 Å². The van der Waals surface area contributed by atoms with Crippen LogP contribution in [0.5, 0.6) is 11.6 Å². The van der Waals surface area contributed by atoms with Gasteiger partial charge in [-0.25, -0.2) is 13.4 Å². The number of fused-ring (bicyclic) bond motifs is 1. The number of carbonyl (C=O) groups excluding carboxylic acids is 4. The molecule has 1 aliphatic heterocycles. The first kappa shape index (κ1) is 42.4. The summed E-state index contributed by atoms with van der Waals surface area (Å²) >= 11 is 0. The summed E-state index contributed by atoms with van der Waals surface area (Å²) in [5.74, 6) is -0.764. The Morgan fingerprint density at radius 1 is 1.09 bits per heavy atom. The van der Waals surface area contributed by atoms with Crippen molar-refractivity contribution in [1.82, 2.24) is 25.2 Å². The Bertz CT molecular complexity index is 1980. The van der Waals surface area contributed by atoms with E-state index in [0.29, 0.717) is 47.6 Å². The molecule has 3 aliphatic carbocycles. The van der Waals surface area contributed by atoms with E-state index in [4.69, 9.17) is 14.2 Å². The van der Waals surface area contributed by atoms with Crippen LogP contribution >= 0.6 is 0 Å². The number of amides is 4. The van der Waals surface area contributed by atoms with Gasteiger partial charge in [0, 0.05) is 23.9 Å². The van der Waals surface area contributed by atoms with Gasteiger partial charge in [-0.1, -0.05) is 54.0 Å². The fourth-order valence-corrected chi connectivity index (χ4v) is 9.77. The maximum atomic E-state index is 14.7. The Hall–Kier alpha value is -4.24. The van der Waals surface area contributed by atoms with Crippen molar-refractivity contribution in [2.45, 2.75) is 122 Å². The van der Waals surface area contributed by atoms with Crippen molar-refractivity contribution in [2.75, 3.05) is 20.3 Å². The third kappa shape index (κ3) is 9.40. The van der Waals surface area contributed by atoms with Crippen LogP contribution in [0.2, 0.25) is 0 Å². The van der Waals surface area contributed by atoms with E-state index in [0.717, 1.165) is 24.6 Å². The van der Waals surface area contributed by atoms with Crippen LogP contribution < -0.4 is 24.8 Å². The standard InChI is InChI=1S/C42H59N5O9S/c1-9-27-21-42(27,40(51)46-57(52,53)30-12-13-30)45-37(49)33-20-29(56-38-32-15-11-28(54-8)19-26(32)16-17-43-38)22-47(33)39(50)36(41(5,6)7)44-35(48)23-55-34-18-25(4)10-14-31(34)24(2)3/h9,11,15-17,19,24-25,27,29-31,33-34,36H,1,10,12-14,18,20-23H2,2-8H3,(H,44,48)(H,45,49)(H,46,51)/t25-,27?,29+,31+,33-,34-,36+,42?/m0/s1. The highest BCUT2D eigenvalue weighted by atomic mass is 32.2. The summed E-state index contributed by atoms with van der Waals surface area (Å²) < 4.78 is 45.7. The number of carbonyl (C=O) groups is 4. The summed E-state index contributed by atoms with van der Waals surface area (Å²) in [4.78, 5) is 62.2. The van der Waals surface area contributed by atoms with Crippen LogP contribution in [0.25, 0.3) is 10.8 Å². The number of hydrogen-bond donors (Lipinski definition) is 3. The number of hydrogen-bond acceptors (Lipinski definition) is 10. The summed E-state index contributed by atoms with van der Waals surface area (Å²) in [5.41, 5.74) is -2.34. The molecule has 2 aromatic rings. The third-order valence-corrected chi connectivity index (χ3v) is 13.9. The van der Waals surface area contributed by atoms with Crippen molar-refractivity contribution in [3.63, 3.8) is 0 Å². The minimum Gasteiger partial charge on any atom is -0.497 e. The number of pyridine rings is 1. The minimum absolute atomic E-state index is 0.0275. The molecule has 0 radical (unpaired) electrons. The summed E-state index contributed by atoms with van der Waals surface area (Å²) in [7, 11) is -2.33. The molecular weight excluding hydrogens is 751 g/mol. The van der Waals surface area contributed by atoms with Gasteiger partial charge in [0.15, 0.2) is 0 Å². The fourth-order valence-electron chi connectivity index (χ4n) is 8.41. The summed E-state index contributed by atoms with van der Waals surface area (Å²) in [5, 5.41) is 6.63. The molecule has 15 heteroatoms. The molecule has 4 amide bonds. The number of sulfonamides is 1. The van der Waals surface area contributed by atoms with E-state index < -0.39 is 74.0 Å². The van der Waals surface area contributed by atoms with Crippen molar-refractivity contribution in [3.05, 3.63) is 43.1 Å². The fraction of sp³-hybridized carbons (Fsp3) is 0.643. The van der Waals surface area contributed by atoms with Crippen molar-refractivity contribution in [1.29, 1.82) is 0 Å². The van der Waals surface area contributed by atoms with Crippen LogP contribution in [-0.2, 0) is 33.9 Å². The molecule has 1 aromatic carbocycles. The molecule has 1 saturated heterocycles. The first-order chi connectivity index (χ1) is 26.9. The second kappa shape index (κ2) is 16.6. The van der Waals surface area contributed by atoms with E-state index in [1.165, 1.54) is 11.0 Å². The zero-order valence-corrected chi connectivity index (χ0v) is 35.0. The quantitative estimate of drug-likeness (QED) is 0.220. The number of aromatic nitrogens is 1. The zero-order valence-electron chi connectivity index (χ0n) is 34.2. The van der Waals surface area contributed by atoms with E-state index in [2.05, 4.69) is 47.7 Å². The Morgan fingerprint density at radius 2 is 1.82 bits per heavy atom. The minimum atomic E-state index is -3.90. The molecule has 3 N–H and O–H groups in total. The summed E-state index contributed by atoms with van der Waals surface area (Å²) in [6, 6.07) is 5.09. The first-order valence-corrected chi connectivity index (χ1v) is 21.7. The van der Waals surface area contributed by atoms with Gasteiger partial charge in [-0.15, -0.1) is 6.58 Å². The third-order valence-electron chi connectivity index (χ3n) is 12.1. The number of nitrogens with zero attached hydrogens (tertiary/aromatic N) is 2. The highest BCUT2D eigenvalue weighted by Gasteiger charge is 2.62. The molecule has 57 heavy (non-hydrogen) atoms. The number of methoxy groups -OCH3 is 1. The normalized spacial score (nSPS) is 28.0. The molecule has 2 heterocycles. The molecule has 4 fully saturated rings. The molecule has 14 nitrogen and oxygen atoms in total. The lowest BCUT2D eigenvalue weighted by Crippen LogP contribution is -2.60. The molecule has 0 bridgehead atoms. The lowest BCUT2D eigenvalue weighted by molar-refractivity contribution is -0.146. The highest BCUT2D eigenvalue weighted by Crippen LogP contribution is 2.46. The first-order valence-electron chi connectivity index (χ1n) is 20.2. The van der Waals surface area contributed by atoms with Gasteiger partial charge < -0.3 is 29.7 Å². The van der Waals surface area contributed by atoms with E-state index >= 15 is 0 Å². The van der Waals surface area contributed by atoms with Crippen LogP contribution in [0, 0.1) is 29.1 Å². The molecule has 4 aliphatic rings. The highest BCUT2D eigenvalue weighted by molar-refractivity contribution is 7.91. The van der Waals surface area contributed by atoms with Gasteiger partial charge in [0.2, 0.25) is 33.6 Å². The molecular formula is C42H59N5O9S. The average Bonchev–Trinajstić information content (AvgIpc) is 4.08. The van der Waals surface area contributed by atoms with E-state index in [1.807, 2.05) is 39.0 Å². The summed E-state index contributed by atoms with van der Waals surface area (Å²) in [6.45, 7) is 15.6. The van der Waals surface area contributed by atoms with Gasteiger partial charge in [0.05, 0.1) is 25.0 Å². The number of benzene rings is 1. The largest absolute Gasteiger partial charge is 0.497 e. The second-order valence-corrected chi connectivity index (χ2v) is 19.9. The monoisotopic (exact) mass is 809 g/mol.